The maximum atomic E-state index is 9.92. The molecule has 1 heterocycles. The smallest absolute Gasteiger partial charge is 0.0735 e. The Morgan fingerprint density at radius 3 is 2.79 bits per heavy atom. The predicted molar refractivity (Wildman–Crippen MR) is 77.7 cm³/mol. The van der Waals surface area contributed by atoms with Crippen LogP contribution in [0.2, 0.25) is 5.02 Å². The Hall–Kier alpha value is -0.810. The molecule has 1 aliphatic heterocycles. The number of aliphatic hydroxyl groups is 2. The van der Waals surface area contributed by atoms with Gasteiger partial charge in [-0.2, -0.15) is 0 Å². The highest BCUT2D eigenvalue weighted by atomic mass is 35.5. The first kappa shape index (κ1) is 14.6. The number of likely N-dealkylation sites (N-methyl/N-ethyl adjacent to an activating group) is 1. The number of anilines is 1. The second-order valence-electron chi connectivity index (χ2n) is 5.35. The lowest BCUT2D eigenvalue weighted by Gasteiger charge is -2.30. The minimum atomic E-state index is -0.324. The van der Waals surface area contributed by atoms with Gasteiger partial charge in [0, 0.05) is 35.4 Å². The summed E-state index contributed by atoms with van der Waals surface area (Å²) in [6.07, 6.45) is 0.422. The van der Waals surface area contributed by atoms with E-state index in [1.54, 1.807) is 6.07 Å². The summed E-state index contributed by atoms with van der Waals surface area (Å²) in [6.45, 7) is 1.37. The zero-order valence-corrected chi connectivity index (χ0v) is 12.1. The van der Waals surface area contributed by atoms with Gasteiger partial charge in [0.25, 0.3) is 0 Å². The molecule has 0 amide bonds. The van der Waals surface area contributed by atoms with E-state index in [1.807, 2.05) is 26.2 Å². The standard InChI is InChI=1S/C14H21ClN2O2/c1-16(2)7-10-6-11(19)8-17(10)14-5-3-4-13(15)12(14)9-18/h3-5,10-11,18-19H,6-9H2,1-2H3. The molecule has 4 nitrogen and oxygen atoms in total. The first-order valence-electron chi connectivity index (χ1n) is 6.50. The van der Waals surface area contributed by atoms with Gasteiger partial charge in [0.15, 0.2) is 0 Å². The van der Waals surface area contributed by atoms with Gasteiger partial charge in [-0.1, -0.05) is 17.7 Å². The van der Waals surface area contributed by atoms with Crippen molar-refractivity contribution in [2.24, 2.45) is 0 Å². The maximum absolute atomic E-state index is 9.92. The summed E-state index contributed by atoms with van der Waals surface area (Å²) in [7, 11) is 4.04. The van der Waals surface area contributed by atoms with Crippen molar-refractivity contribution in [3.63, 3.8) is 0 Å². The van der Waals surface area contributed by atoms with Crippen LogP contribution in [-0.4, -0.2) is 54.4 Å². The van der Waals surface area contributed by atoms with Gasteiger partial charge in [-0.3, -0.25) is 0 Å². The monoisotopic (exact) mass is 284 g/mol. The number of aliphatic hydroxyl groups excluding tert-OH is 2. The molecule has 2 atom stereocenters. The normalized spacial score (nSPS) is 23.4. The fraction of sp³-hybridized carbons (Fsp3) is 0.571. The first-order chi connectivity index (χ1) is 9.02. The largest absolute Gasteiger partial charge is 0.392 e. The maximum Gasteiger partial charge on any atom is 0.0735 e. The molecule has 2 N–H and O–H groups in total. The van der Waals surface area contributed by atoms with E-state index in [0.717, 1.165) is 24.2 Å². The van der Waals surface area contributed by atoms with E-state index in [4.69, 9.17) is 11.6 Å². The van der Waals surface area contributed by atoms with Gasteiger partial charge in [-0.05, 0) is 32.6 Å². The molecule has 0 bridgehead atoms. The van der Waals surface area contributed by atoms with Crippen molar-refractivity contribution in [2.75, 3.05) is 32.1 Å². The number of hydrogen-bond donors (Lipinski definition) is 2. The minimum absolute atomic E-state index is 0.0870. The van der Waals surface area contributed by atoms with E-state index in [1.165, 1.54) is 0 Å². The molecular weight excluding hydrogens is 264 g/mol. The Morgan fingerprint density at radius 2 is 2.16 bits per heavy atom. The van der Waals surface area contributed by atoms with E-state index in [9.17, 15) is 10.2 Å². The second-order valence-corrected chi connectivity index (χ2v) is 5.76. The SMILES string of the molecule is CN(C)CC1CC(O)CN1c1cccc(Cl)c1CO. The topological polar surface area (TPSA) is 46.9 Å². The van der Waals surface area contributed by atoms with E-state index in [2.05, 4.69) is 9.80 Å². The van der Waals surface area contributed by atoms with E-state index in [0.29, 0.717) is 11.6 Å². The highest BCUT2D eigenvalue weighted by Gasteiger charge is 2.32. The fourth-order valence-electron chi connectivity index (χ4n) is 2.75. The zero-order chi connectivity index (χ0) is 14.0. The van der Waals surface area contributed by atoms with Crippen LogP contribution in [0.4, 0.5) is 5.69 Å². The summed E-state index contributed by atoms with van der Waals surface area (Å²) in [5.74, 6) is 0. The summed E-state index contributed by atoms with van der Waals surface area (Å²) in [5, 5.41) is 20.0. The molecule has 106 valence electrons. The average molecular weight is 285 g/mol. The van der Waals surface area contributed by atoms with Crippen molar-refractivity contribution in [3.05, 3.63) is 28.8 Å². The molecule has 19 heavy (non-hydrogen) atoms. The van der Waals surface area contributed by atoms with Crippen molar-refractivity contribution in [1.29, 1.82) is 0 Å². The van der Waals surface area contributed by atoms with Gasteiger partial charge in [0.2, 0.25) is 0 Å². The molecule has 1 aromatic carbocycles. The van der Waals surface area contributed by atoms with Gasteiger partial charge in [-0.15, -0.1) is 0 Å². The van der Waals surface area contributed by atoms with Crippen LogP contribution in [0.25, 0.3) is 0 Å². The summed E-state index contributed by atoms with van der Waals surface area (Å²) in [6, 6.07) is 5.87. The Labute approximate surface area is 119 Å². The Kier molecular flexibility index (Phi) is 4.68. The molecule has 0 radical (unpaired) electrons. The average Bonchev–Trinajstić information content (AvgIpc) is 2.68. The highest BCUT2D eigenvalue weighted by Crippen LogP contribution is 2.33. The van der Waals surface area contributed by atoms with Crippen LogP contribution < -0.4 is 4.90 Å². The van der Waals surface area contributed by atoms with Crippen molar-refractivity contribution >= 4 is 17.3 Å². The van der Waals surface area contributed by atoms with Crippen LogP contribution in [0.3, 0.4) is 0 Å². The molecule has 5 heteroatoms. The highest BCUT2D eigenvalue weighted by molar-refractivity contribution is 6.31. The first-order valence-corrected chi connectivity index (χ1v) is 6.88. The molecule has 1 saturated heterocycles. The van der Waals surface area contributed by atoms with Crippen LogP contribution >= 0.6 is 11.6 Å². The van der Waals surface area contributed by atoms with Gasteiger partial charge < -0.3 is 20.0 Å². The van der Waals surface area contributed by atoms with E-state index >= 15 is 0 Å². The lowest BCUT2D eigenvalue weighted by Crippen LogP contribution is -2.38. The minimum Gasteiger partial charge on any atom is -0.392 e. The van der Waals surface area contributed by atoms with Gasteiger partial charge >= 0.3 is 0 Å². The molecule has 1 fully saturated rings. The van der Waals surface area contributed by atoms with Crippen molar-refractivity contribution in [1.82, 2.24) is 4.90 Å². The summed E-state index contributed by atoms with van der Waals surface area (Å²) in [4.78, 5) is 4.26. The molecule has 1 aromatic rings. The number of benzene rings is 1. The van der Waals surface area contributed by atoms with Crippen LogP contribution in [0.5, 0.6) is 0 Å². The lowest BCUT2D eigenvalue weighted by molar-refractivity contribution is 0.191. The Bertz CT molecular complexity index is 439. The van der Waals surface area contributed by atoms with Crippen molar-refractivity contribution in [3.8, 4) is 0 Å². The summed E-state index contributed by atoms with van der Waals surface area (Å²) in [5.41, 5.74) is 1.67. The summed E-state index contributed by atoms with van der Waals surface area (Å²) >= 11 is 6.14. The van der Waals surface area contributed by atoms with E-state index in [-0.39, 0.29) is 18.8 Å². The van der Waals surface area contributed by atoms with Crippen LogP contribution in [0.1, 0.15) is 12.0 Å². The van der Waals surface area contributed by atoms with Crippen LogP contribution in [0.15, 0.2) is 18.2 Å². The molecule has 0 saturated carbocycles. The molecule has 1 aliphatic rings. The molecule has 0 aliphatic carbocycles. The van der Waals surface area contributed by atoms with Gasteiger partial charge in [0.05, 0.1) is 12.7 Å². The predicted octanol–water partition coefficient (Wildman–Crippen LogP) is 1.33. The Morgan fingerprint density at radius 1 is 1.42 bits per heavy atom. The Balaban J connectivity index is 2.31. The molecule has 0 aromatic heterocycles. The zero-order valence-electron chi connectivity index (χ0n) is 11.4. The van der Waals surface area contributed by atoms with Gasteiger partial charge in [-0.25, -0.2) is 0 Å². The second kappa shape index (κ2) is 6.09. The summed E-state index contributed by atoms with van der Waals surface area (Å²) < 4.78 is 0. The quantitative estimate of drug-likeness (QED) is 0.876. The van der Waals surface area contributed by atoms with Crippen molar-refractivity contribution in [2.45, 2.75) is 25.2 Å². The lowest BCUT2D eigenvalue weighted by atomic mass is 10.1. The number of β-amino-alcohol motifs (C(OH)–C–C–N with tert-alkyl or cyclic N) is 1. The number of hydrogen-bond acceptors (Lipinski definition) is 4. The third kappa shape index (κ3) is 3.20. The van der Waals surface area contributed by atoms with Crippen LogP contribution in [-0.2, 0) is 6.61 Å². The van der Waals surface area contributed by atoms with E-state index < -0.39 is 0 Å². The molecule has 0 spiro atoms. The van der Waals surface area contributed by atoms with Crippen molar-refractivity contribution < 1.29 is 10.2 Å². The fourth-order valence-corrected chi connectivity index (χ4v) is 2.98. The number of halogens is 1. The number of nitrogens with zero attached hydrogens (tertiary/aromatic N) is 2. The molecular formula is C14H21ClN2O2. The molecule has 2 unspecified atom stereocenters. The third-order valence-corrected chi connectivity index (χ3v) is 3.88. The third-order valence-electron chi connectivity index (χ3n) is 3.53. The van der Waals surface area contributed by atoms with Crippen LogP contribution in [0, 0.1) is 0 Å². The van der Waals surface area contributed by atoms with Gasteiger partial charge in [0.1, 0.15) is 0 Å². The molecule has 2 rings (SSSR count). The number of rotatable bonds is 4.